The number of nitrogens with zero attached hydrogens (tertiary/aromatic N) is 5. The summed E-state index contributed by atoms with van der Waals surface area (Å²) in [6.45, 7) is 0. The first-order chi connectivity index (χ1) is 7.34. The van der Waals surface area contributed by atoms with Crippen molar-refractivity contribution in [2.45, 2.75) is 5.16 Å². The fraction of sp³-hybridized carbons (Fsp3) is 0. The van der Waals surface area contributed by atoms with Gasteiger partial charge in [-0.3, -0.25) is 4.57 Å². The van der Waals surface area contributed by atoms with Gasteiger partial charge in [0, 0.05) is 11.6 Å². The van der Waals surface area contributed by atoms with Crippen LogP contribution in [0.3, 0.4) is 0 Å². The highest BCUT2D eigenvalue weighted by molar-refractivity contribution is 7.80. The second kappa shape index (κ2) is 3.28. The summed E-state index contributed by atoms with van der Waals surface area (Å²) >= 11 is 5.63. The first-order valence-electron chi connectivity index (χ1n) is 4.13. The average Bonchev–Trinajstić information content (AvgIpc) is 2.83. The van der Waals surface area contributed by atoms with Gasteiger partial charge in [-0.15, -0.1) is 24.0 Å². The third kappa shape index (κ3) is 1.40. The quantitative estimate of drug-likeness (QED) is 0.513. The van der Waals surface area contributed by atoms with E-state index >= 15 is 0 Å². The van der Waals surface area contributed by atoms with Gasteiger partial charge in [0.05, 0.1) is 6.20 Å². The molecular weight excluding hydrogens is 230 g/mol. The molecule has 0 bridgehead atoms. The molecule has 0 aliphatic heterocycles. The molecule has 0 unspecified atom stereocenters. The SMILES string of the molecule is Sc1ncc2ncn(-c3nccs3)c2n1. The van der Waals surface area contributed by atoms with Crippen LogP contribution in [0, 0.1) is 0 Å². The van der Waals surface area contributed by atoms with Gasteiger partial charge in [0.2, 0.25) is 0 Å². The third-order valence-corrected chi connectivity index (χ3v) is 2.89. The van der Waals surface area contributed by atoms with Crippen LogP contribution in [0.25, 0.3) is 16.3 Å². The van der Waals surface area contributed by atoms with Gasteiger partial charge in [-0.1, -0.05) is 0 Å². The van der Waals surface area contributed by atoms with E-state index in [-0.39, 0.29) is 0 Å². The lowest BCUT2D eigenvalue weighted by atomic mass is 10.6. The van der Waals surface area contributed by atoms with E-state index in [1.165, 1.54) is 11.3 Å². The van der Waals surface area contributed by atoms with E-state index in [2.05, 4.69) is 32.6 Å². The van der Waals surface area contributed by atoms with Gasteiger partial charge in [-0.2, -0.15) is 0 Å². The zero-order valence-electron chi connectivity index (χ0n) is 7.40. The molecule has 0 saturated carbocycles. The highest BCUT2D eigenvalue weighted by atomic mass is 32.1. The van der Waals surface area contributed by atoms with Crippen LogP contribution >= 0.6 is 24.0 Å². The second-order valence-corrected chi connectivity index (χ2v) is 4.08. The van der Waals surface area contributed by atoms with Gasteiger partial charge in [-0.25, -0.2) is 19.9 Å². The van der Waals surface area contributed by atoms with Crippen LogP contribution in [0.2, 0.25) is 0 Å². The summed E-state index contributed by atoms with van der Waals surface area (Å²) < 4.78 is 1.82. The average molecular weight is 235 g/mol. The van der Waals surface area contributed by atoms with Gasteiger partial charge in [0.25, 0.3) is 0 Å². The molecule has 3 rings (SSSR count). The van der Waals surface area contributed by atoms with E-state index in [4.69, 9.17) is 0 Å². The van der Waals surface area contributed by atoms with E-state index in [1.807, 2.05) is 9.95 Å². The monoisotopic (exact) mass is 235 g/mol. The van der Waals surface area contributed by atoms with E-state index in [9.17, 15) is 0 Å². The Bertz CT molecular complexity index is 601. The summed E-state index contributed by atoms with van der Waals surface area (Å²) in [6, 6.07) is 0. The zero-order chi connectivity index (χ0) is 10.3. The molecule has 3 heterocycles. The Morgan fingerprint density at radius 2 is 2.20 bits per heavy atom. The fourth-order valence-electron chi connectivity index (χ4n) is 1.28. The normalized spacial score (nSPS) is 11.0. The van der Waals surface area contributed by atoms with Crippen molar-refractivity contribution in [3.05, 3.63) is 24.1 Å². The summed E-state index contributed by atoms with van der Waals surface area (Å²) in [4.78, 5) is 16.6. The summed E-state index contributed by atoms with van der Waals surface area (Å²) in [5, 5.41) is 3.17. The van der Waals surface area contributed by atoms with E-state index in [0.29, 0.717) is 5.16 Å². The molecular formula is C8H5N5S2. The van der Waals surface area contributed by atoms with Crippen LogP contribution < -0.4 is 0 Å². The first-order valence-corrected chi connectivity index (χ1v) is 5.46. The molecule has 15 heavy (non-hydrogen) atoms. The maximum absolute atomic E-state index is 4.21. The highest BCUT2D eigenvalue weighted by Gasteiger charge is 2.08. The molecule has 0 fully saturated rings. The summed E-state index contributed by atoms with van der Waals surface area (Å²) in [5.41, 5.74) is 1.47. The molecule has 0 atom stereocenters. The van der Waals surface area contributed by atoms with Crippen LogP contribution in [0.1, 0.15) is 0 Å². The molecule has 0 aromatic carbocycles. The number of thiol groups is 1. The predicted molar refractivity (Wildman–Crippen MR) is 59.6 cm³/mol. The lowest BCUT2D eigenvalue weighted by Gasteiger charge is -1.97. The molecule has 5 nitrogen and oxygen atoms in total. The Morgan fingerprint density at radius 3 is 3.00 bits per heavy atom. The Labute approximate surface area is 94.3 Å². The topological polar surface area (TPSA) is 56.5 Å². The number of aromatic nitrogens is 5. The van der Waals surface area contributed by atoms with Gasteiger partial charge in [0.15, 0.2) is 15.9 Å². The first kappa shape index (κ1) is 8.81. The molecule has 0 saturated heterocycles. The molecule has 0 amide bonds. The number of rotatable bonds is 1. The Balaban J connectivity index is 2.32. The molecule has 0 radical (unpaired) electrons. The third-order valence-electron chi connectivity index (χ3n) is 1.90. The molecule has 7 heteroatoms. The molecule has 0 aliphatic rings. The van der Waals surface area contributed by atoms with Crippen molar-refractivity contribution in [2.24, 2.45) is 0 Å². The largest absolute Gasteiger partial charge is 0.258 e. The van der Waals surface area contributed by atoms with Gasteiger partial charge >= 0.3 is 0 Å². The van der Waals surface area contributed by atoms with Gasteiger partial charge in [0.1, 0.15) is 11.8 Å². The standard InChI is InChI=1S/C8H5N5S2/c14-7-10-3-5-6(12-7)13(4-11-5)8-9-1-2-15-8/h1-4H,(H,10,12,14). The van der Waals surface area contributed by atoms with Crippen molar-refractivity contribution in [3.8, 4) is 5.13 Å². The fourth-order valence-corrected chi connectivity index (χ4v) is 2.04. The summed E-state index contributed by atoms with van der Waals surface area (Å²) in [6.07, 6.45) is 5.08. The summed E-state index contributed by atoms with van der Waals surface area (Å²) in [5.74, 6) is 0. The van der Waals surface area contributed by atoms with Crippen molar-refractivity contribution >= 4 is 35.1 Å². The van der Waals surface area contributed by atoms with Crippen molar-refractivity contribution in [2.75, 3.05) is 0 Å². The Kier molecular flexibility index (Phi) is 1.93. The van der Waals surface area contributed by atoms with E-state index < -0.39 is 0 Å². The van der Waals surface area contributed by atoms with Crippen LogP contribution in [-0.4, -0.2) is 24.5 Å². The predicted octanol–water partition coefficient (Wildman–Crippen LogP) is 1.56. The van der Waals surface area contributed by atoms with E-state index in [1.54, 1.807) is 18.7 Å². The van der Waals surface area contributed by atoms with Crippen LogP contribution in [0.5, 0.6) is 0 Å². The number of imidazole rings is 1. The second-order valence-electron chi connectivity index (χ2n) is 2.81. The molecule has 3 aromatic heterocycles. The minimum Gasteiger partial charge on any atom is -0.258 e. The van der Waals surface area contributed by atoms with Crippen molar-refractivity contribution in [3.63, 3.8) is 0 Å². The van der Waals surface area contributed by atoms with Crippen LogP contribution in [0.4, 0.5) is 0 Å². The maximum Gasteiger partial charge on any atom is 0.196 e. The van der Waals surface area contributed by atoms with Crippen molar-refractivity contribution in [1.82, 2.24) is 24.5 Å². The Morgan fingerprint density at radius 1 is 1.27 bits per heavy atom. The molecule has 3 aromatic rings. The van der Waals surface area contributed by atoms with E-state index in [0.717, 1.165) is 16.3 Å². The van der Waals surface area contributed by atoms with Crippen LogP contribution in [-0.2, 0) is 0 Å². The highest BCUT2D eigenvalue weighted by Crippen LogP contribution is 2.17. The van der Waals surface area contributed by atoms with Crippen molar-refractivity contribution < 1.29 is 0 Å². The number of thiazole rings is 1. The minimum absolute atomic E-state index is 0.431. The Hall–Kier alpha value is -1.47. The number of hydrogen-bond acceptors (Lipinski definition) is 6. The van der Waals surface area contributed by atoms with Gasteiger partial charge in [-0.05, 0) is 0 Å². The summed E-state index contributed by atoms with van der Waals surface area (Å²) in [7, 11) is 0. The molecule has 0 aliphatic carbocycles. The van der Waals surface area contributed by atoms with Crippen molar-refractivity contribution in [1.29, 1.82) is 0 Å². The maximum atomic E-state index is 4.21. The van der Waals surface area contributed by atoms with Crippen LogP contribution in [0.15, 0.2) is 29.3 Å². The minimum atomic E-state index is 0.431. The molecule has 0 N–H and O–H groups in total. The lowest BCUT2D eigenvalue weighted by molar-refractivity contribution is 0.967. The molecule has 0 spiro atoms. The smallest absolute Gasteiger partial charge is 0.196 e. The lowest BCUT2D eigenvalue weighted by Crippen LogP contribution is -1.93. The van der Waals surface area contributed by atoms with Gasteiger partial charge < -0.3 is 0 Å². The zero-order valence-corrected chi connectivity index (χ0v) is 9.11. The number of hydrogen-bond donors (Lipinski definition) is 1. The number of fused-ring (bicyclic) bond motifs is 1. The molecule has 74 valence electrons.